The topological polar surface area (TPSA) is 81.0 Å². The fraction of sp³-hybridized carbons (Fsp3) is 0.524. The van der Waals surface area contributed by atoms with E-state index in [4.69, 9.17) is 4.74 Å². The van der Waals surface area contributed by atoms with Crippen LogP contribution < -0.4 is 4.80 Å². The third kappa shape index (κ3) is 6.16. The molecule has 168 valence electrons. The molecule has 2 aromatic rings. The van der Waals surface area contributed by atoms with Gasteiger partial charge in [-0.2, -0.15) is 4.99 Å². The first-order valence-corrected chi connectivity index (χ1v) is 12.0. The maximum absolute atomic E-state index is 13.6. The third-order valence-corrected chi connectivity index (χ3v) is 7.00. The van der Waals surface area contributed by atoms with Gasteiger partial charge in [-0.3, -0.25) is 14.4 Å². The van der Waals surface area contributed by atoms with Crippen LogP contribution >= 0.6 is 23.1 Å². The number of piperidine rings is 1. The van der Waals surface area contributed by atoms with Gasteiger partial charge in [-0.15, -0.1) is 11.8 Å². The van der Waals surface area contributed by atoms with Gasteiger partial charge in [0.25, 0.3) is 5.91 Å². The molecular formula is C21H26FN3O4S2. The molecule has 7 nitrogen and oxygen atoms in total. The molecular weight excluding hydrogens is 441 g/mol. The summed E-state index contributed by atoms with van der Waals surface area (Å²) in [7, 11) is 1.27. The number of hydrogen-bond donors (Lipinski definition) is 0. The van der Waals surface area contributed by atoms with Gasteiger partial charge in [-0.25, -0.2) is 4.39 Å². The summed E-state index contributed by atoms with van der Waals surface area (Å²) in [6.07, 6.45) is 1.12. The molecule has 1 aromatic carbocycles. The van der Waals surface area contributed by atoms with E-state index in [0.29, 0.717) is 26.9 Å². The fourth-order valence-corrected chi connectivity index (χ4v) is 5.57. The second kappa shape index (κ2) is 10.4. The first-order chi connectivity index (χ1) is 14.8. The molecule has 31 heavy (non-hydrogen) atoms. The van der Waals surface area contributed by atoms with Gasteiger partial charge in [0.1, 0.15) is 12.4 Å². The second-order valence-electron chi connectivity index (χ2n) is 7.90. The summed E-state index contributed by atoms with van der Waals surface area (Å²) in [6, 6.07) is 4.17. The summed E-state index contributed by atoms with van der Waals surface area (Å²) in [4.78, 5) is 42.9. The number of rotatable bonds is 6. The molecule has 0 N–H and O–H groups in total. The molecule has 0 radical (unpaired) electrons. The fourth-order valence-electron chi connectivity index (χ4n) is 3.80. The average Bonchev–Trinajstić information content (AvgIpc) is 3.02. The molecule has 0 spiro atoms. The lowest BCUT2D eigenvalue weighted by atomic mass is 9.92. The van der Waals surface area contributed by atoms with E-state index in [-0.39, 0.29) is 24.0 Å². The van der Waals surface area contributed by atoms with Crippen LogP contribution in [-0.2, 0) is 25.7 Å². The van der Waals surface area contributed by atoms with E-state index in [1.165, 1.54) is 35.6 Å². The van der Waals surface area contributed by atoms with Crippen LogP contribution in [-0.4, -0.2) is 59.0 Å². The molecule has 2 atom stereocenters. The van der Waals surface area contributed by atoms with Crippen LogP contribution in [0, 0.1) is 17.7 Å². The zero-order valence-corrected chi connectivity index (χ0v) is 19.4. The molecule has 0 bridgehead atoms. The van der Waals surface area contributed by atoms with Crippen molar-refractivity contribution in [2.24, 2.45) is 16.8 Å². The van der Waals surface area contributed by atoms with Gasteiger partial charge in [0.2, 0.25) is 5.91 Å². The van der Waals surface area contributed by atoms with E-state index < -0.39 is 17.7 Å². The minimum absolute atomic E-state index is 0.0364. The molecule has 1 aliphatic rings. The Balaban J connectivity index is 1.68. The van der Waals surface area contributed by atoms with Crippen molar-refractivity contribution in [3.8, 4) is 0 Å². The number of esters is 1. The van der Waals surface area contributed by atoms with Gasteiger partial charge < -0.3 is 14.2 Å². The summed E-state index contributed by atoms with van der Waals surface area (Å²) in [5.74, 6) is -0.0468. The largest absolute Gasteiger partial charge is 0.468 e. The molecule has 2 amide bonds. The van der Waals surface area contributed by atoms with Gasteiger partial charge in [0, 0.05) is 13.1 Å². The van der Waals surface area contributed by atoms with Crippen LogP contribution in [0.1, 0.15) is 20.3 Å². The number of ether oxygens (including phenoxy) is 1. The predicted octanol–water partition coefficient (Wildman–Crippen LogP) is 2.68. The van der Waals surface area contributed by atoms with Crippen LogP contribution in [0.3, 0.4) is 0 Å². The zero-order valence-electron chi connectivity index (χ0n) is 17.8. The van der Waals surface area contributed by atoms with Gasteiger partial charge in [0.05, 0.1) is 28.8 Å². The number of aromatic nitrogens is 1. The number of hydrogen-bond acceptors (Lipinski definition) is 6. The molecule has 1 fully saturated rings. The number of halogens is 1. The van der Waals surface area contributed by atoms with Crippen LogP contribution in [0.4, 0.5) is 4.39 Å². The van der Waals surface area contributed by atoms with Crippen molar-refractivity contribution in [3.05, 3.63) is 28.8 Å². The number of methoxy groups -OCH3 is 1. The summed E-state index contributed by atoms with van der Waals surface area (Å²) < 4.78 is 20.4. The Labute approximate surface area is 188 Å². The Hall–Kier alpha value is -2.20. The van der Waals surface area contributed by atoms with Crippen LogP contribution in [0.2, 0.25) is 0 Å². The quantitative estimate of drug-likeness (QED) is 0.610. The van der Waals surface area contributed by atoms with Gasteiger partial charge in [-0.05, 0) is 36.5 Å². The Kier molecular flexibility index (Phi) is 7.88. The molecule has 1 saturated heterocycles. The summed E-state index contributed by atoms with van der Waals surface area (Å²) in [6.45, 7) is 5.67. The molecule has 2 heterocycles. The monoisotopic (exact) mass is 467 g/mol. The van der Waals surface area contributed by atoms with E-state index in [0.717, 1.165) is 30.8 Å². The van der Waals surface area contributed by atoms with E-state index in [1.807, 2.05) is 4.90 Å². The van der Waals surface area contributed by atoms with Crippen molar-refractivity contribution in [2.45, 2.75) is 26.8 Å². The lowest BCUT2D eigenvalue weighted by Crippen LogP contribution is -2.43. The van der Waals surface area contributed by atoms with E-state index in [1.54, 1.807) is 6.07 Å². The van der Waals surface area contributed by atoms with Crippen LogP contribution in [0.25, 0.3) is 10.2 Å². The number of carbonyl (C=O) groups is 3. The van der Waals surface area contributed by atoms with Crippen molar-refractivity contribution in [1.29, 1.82) is 0 Å². The molecule has 1 aliphatic heterocycles. The number of fused-ring (bicyclic) bond motifs is 1. The molecule has 10 heteroatoms. The maximum Gasteiger partial charge on any atom is 0.325 e. The Bertz CT molecular complexity index is 1040. The SMILES string of the molecule is COC(=O)Cn1c(=NC(=O)CSCC(=O)N2CC(C)CC(C)C2)sc2cc(F)ccc21. The number of carbonyl (C=O) groups excluding carboxylic acids is 3. The highest BCUT2D eigenvalue weighted by molar-refractivity contribution is 8.00. The molecule has 3 rings (SSSR count). The number of amides is 2. The lowest BCUT2D eigenvalue weighted by molar-refractivity contribution is -0.141. The van der Waals surface area contributed by atoms with Crippen molar-refractivity contribution >= 4 is 51.1 Å². The highest BCUT2D eigenvalue weighted by atomic mass is 32.2. The summed E-state index contributed by atoms with van der Waals surface area (Å²) in [5, 5.41) is 0. The standard InChI is InChI=1S/C21H26FN3O4S2/c1-13-6-14(2)9-24(8-13)19(27)12-30-11-18(26)23-21-25(10-20(28)29-3)16-5-4-15(22)7-17(16)31-21/h4-5,7,13-14H,6,8-12H2,1-3H3. The molecule has 0 saturated carbocycles. The Morgan fingerprint density at radius 3 is 2.61 bits per heavy atom. The third-order valence-electron chi connectivity index (χ3n) is 5.05. The first-order valence-electron chi connectivity index (χ1n) is 10.1. The van der Waals surface area contributed by atoms with Gasteiger partial charge >= 0.3 is 5.97 Å². The normalized spacial score (nSPS) is 19.6. The Morgan fingerprint density at radius 1 is 1.23 bits per heavy atom. The predicted molar refractivity (Wildman–Crippen MR) is 119 cm³/mol. The van der Waals surface area contributed by atoms with Crippen molar-refractivity contribution in [1.82, 2.24) is 9.47 Å². The smallest absolute Gasteiger partial charge is 0.325 e. The van der Waals surface area contributed by atoms with Crippen molar-refractivity contribution < 1.29 is 23.5 Å². The van der Waals surface area contributed by atoms with E-state index in [2.05, 4.69) is 18.8 Å². The molecule has 2 unspecified atom stereocenters. The van der Waals surface area contributed by atoms with Crippen molar-refractivity contribution in [2.75, 3.05) is 31.7 Å². The van der Waals surface area contributed by atoms with Gasteiger partial charge in [-0.1, -0.05) is 25.2 Å². The van der Waals surface area contributed by atoms with Gasteiger partial charge in [0.15, 0.2) is 4.80 Å². The van der Waals surface area contributed by atoms with E-state index in [9.17, 15) is 18.8 Å². The summed E-state index contributed by atoms with van der Waals surface area (Å²) >= 11 is 2.35. The average molecular weight is 468 g/mol. The van der Waals surface area contributed by atoms with Crippen LogP contribution in [0.5, 0.6) is 0 Å². The highest BCUT2D eigenvalue weighted by Gasteiger charge is 2.25. The minimum Gasteiger partial charge on any atom is -0.468 e. The lowest BCUT2D eigenvalue weighted by Gasteiger charge is -2.35. The number of benzene rings is 1. The second-order valence-corrected chi connectivity index (χ2v) is 9.90. The zero-order chi connectivity index (χ0) is 22.5. The minimum atomic E-state index is -0.497. The number of nitrogens with zero attached hydrogens (tertiary/aromatic N) is 3. The van der Waals surface area contributed by atoms with E-state index >= 15 is 0 Å². The highest BCUT2D eigenvalue weighted by Crippen LogP contribution is 2.22. The number of thioether (sulfide) groups is 1. The summed E-state index contributed by atoms with van der Waals surface area (Å²) in [5.41, 5.74) is 0.597. The molecule has 1 aromatic heterocycles. The number of likely N-dealkylation sites (tertiary alicyclic amines) is 1. The first kappa shape index (κ1) is 23.5. The maximum atomic E-state index is 13.6. The van der Waals surface area contributed by atoms with Crippen molar-refractivity contribution in [3.63, 3.8) is 0 Å². The molecule has 0 aliphatic carbocycles. The van der Waals surface area contributed by atoms with Crippen LogP contribution in [0.15, 0.2) is 23.2 Å². The Morgan fingerprint density at radius 2 is 1.94 bits per heavy atom. The number of thiazole rings is 1.